The van der Waals surface area contributed by atoms with Gasteiger partial charge in [0.25, 0.3) is 0 Å². The molecule has 0 saturated heterocycles. The van der Waals surface area contributed by atoms with Crippen molar-refractivity contribution in [2.24, 2.45) is 0 Å². The fraction of sp³-hybridized carbons (Fsp3) is 0.182. The second kappa shape index (κ2) is 5.94. The van der Waals surface area contributed by atoms with E-state index in [1.54, 1.807) is 6.92 Å². The van der Waals surface area contributed by atoms with Crippen LogP contribution in [0.25, 0.3) is 0 Å². The van der Waals surface area contributed by atoms with Crippen molar-refractivity contribution in [3.8, 4) is 0 Å². The minimum atomic E-state index is -3.70. The summed E-state index contributed by atoms with van der Waals surface area (Å²) >= 11 is 5.68. The number of halogens is 1. The molecule has 5 nitrogen and oxygen atoms in total. The molecule has 0 unspecified atom stereocenters. The number of aromatic carboxylic acids is 1. The van der Waals surface area contributed by atoms with Gasteiger partial charge >= 0.3 is 5.97 Å². The Morgan fingerprint density at radius 3 is 2.65 bits per heavy atom. The van der Waals surface area contributed by atoms with Gasteiger partial charge in [-0.05, 0) is 35.0 Å². The van der Waals surface area contributed by atoms with Gasteiger partial charge < -0.3 is 5.11 Å². The minimum absolute atomic E-state index is 0.0155. The van der Waals surface area contributed by atoms with Crippen LogP contribution < -0.4 is 4.72 Å². The fourth-order valence-corrected chi connectivity index (χ4v) is 5.44. The Labute approximate surface area is 132 Å². The van der Waals surface area contributed by atoms with E-state index < -0.39 is 16.0 Å². The maximum Gasteiger partial charge on any atom is 0.345 e. The number of aryl methyl sites for hydroxylation is 1. The molecule has 0 radical (unpaired) electrons. The summed E-state index contributed by atoms with van der Waals surface area (Å²) in [6.07, 6.45) is 0. The zero-order valence-electron chi connectivity index (χ0n) is 10.2. The number of nitrogens with one attached hydrogen (secondary N) is 1. The van der Waals surface area contributed by atoms with Gasteiger partial charge in [0.15, 0.2) is 0 Å². The van der Waals surface area contributed by atoms with Gasteiger partial charge in [0, 0.05) is 26.2 Å². The summed E-state index contributed by atoms with van der Waals surface area (Å²) in [5.74, 6) is -1.12. The summed E-state index contributed by atoms with van der Waals surface area (Å²) in [5, 5.41) is 10.8. The zero-order chi connectivity index (χ0) is 14.9. The number of hydrogen-bond donors (Lipinski definition) is 2. The molecule has 0 saturated carbocycles. The normalized spacial score (nSPS) is 11.7. The van der Waals surface area contributed by atoms with E-state index in [2.05, 4.69) is 20.7 Å². The number of carbonyl (C=O) groups is 1. The molecule has 2 rings (SSSR count). The quantitative estimate of drug-likeness (QED) is 0.814. The lowest BCUT2D eigenvalue weighted by molar-refractivity contribution is 0.0702. The molecule has 0 aliphatic rings. The zero-order valence-corrected chi connectivity index (χ0v) is 14.2. The van der Waals surface area contributed by atoms with E-state index in [9.17, 15) is 13.2 Å². The number of thiophene rings is 2. The van der Waals surface area contributed by atoms with Crippen LogP contribution in [0.4, 0.5) is 0 Å². The van der Waals surface area contributed by atoms with Gasteiger partial charge in [0.1, 0.15) is 4.88 Å². The summed E-state index contributed by atoms with van der Waals surface area (Å²) in [7, 11) is -3.70. The molecule has 2 aromatic heterocycles. The third kappa shape index (κ3) is 3.47. The van der Waals surface area contributed by atoms with Crippen LogP contribution in [0.3, 0.4) is 0 Å². The smallest absolute Gasteiger partial charge is 0.345 e. The SMILES string of the molecule is Cc1sc(C(=O)O)cc1S(=O)(=O)NCc1cc(Br)cs1. The van der Waals surface area contributed by atoms with Crippen molar-refractivity contribution in [3.05, 3.63) is 36.6 Å². The third-order valence-electron chi connectivity index (χ3n) is 2.43. The van der Waals surface area contributed by atoms with Crippen molar-refractivity contribution in [3.63, 3.8) is 0 Å². The topological polar surface area (TPSA) is 83.5 Å². The molecule has 9 heteroatoms. The van der Waals surface area contributed by atoms with Crippen molar-refractivity contribution in [2.45, 2.75) is 18.4 Å². The molecule has 0 aliphatic heterocycles. The van der Waals surface area contributed by atoms with Crippen molar-refractivity contribution in [1.82, 2.24) is 4.72 Å². The first-order chi connectivity index (χ1) is 9.29. The van der Waals surface area contributed by atoms with Crippen LogP contribution in [0, 0.1) is 6.92 Å². The van der Waals surface area contributed by atoms with E-state index in [0.717, 1.165) is 20.7 Å². The van der Waals surface area contributed by atoms with Crippen LogP contribution in [-0.4, -0.2) is 19.5 Å². The van der Waals surface area contributed by atoms with Crippen molar-refractivity contribution in [1.29, 1.82) is 0 Å². The highest BCUT2D eigenvalue weighted by molar-refractivity contribution is 9.10. The average Bonchev–Trinajstić information content (AvgIpc) is 2.93. The number of rotatable bonds is 5. The molecule has 2 N–H and O–H groups in total. The summed E-state index contributed by atoms with van der Waals surface area (Å²) < 4.78 is 27.7. The Kier molecular flexibility index (Phi) is 4.65. The average molecular weight is 396 g/mol. The highest BCUT2D eigenvalue weighted by Crippen LogP contribution is 2.26. The van der Waals surface area contributed by atoms with Gasteiger partial charge in [0.2, 0.25) is 10.0 Å². The minimum Gasteiger partial charge on any atom is -0.477 e. The van der Waals surface area contributed by atoms with E-state index in [1.807, 2.05) is 11.4 Å². The van der Waals surface area contributed by atoms with Gasteiger partial charge in [-0.1, -0.05) is 0 Å². The van der Waals surface area contributed by atoms with E-state index >= 15 is 0 Å². The molecule has 0 bridgehead atoms. The summed E-state index contributed by atoms with van der Waals surface area (Å²) in [6, 6.07) is 3.02. The molecule has 0 amide bonds. The molecule has 2 aromatic rings. The third-order valence-corrected chi connectivity index (χ3v) is 6.82. The molecule has 108 valence electrons. The largest absolute Gasteiger partial charge is 0.477 e. The van der Waals surface area contributed by atoms with Crippen LogP contribution >= 0.6 is 38.6 Å². The first-order valence-electron chi connectivity index (χ1n) is 5.36. The van der Waals surface area contributed by atoms with Crippen molar-refractivity contribution < 1.29 is 18.3 Å². The van der Waals surface area contributed by atoms with Crippen LogP contribution in [0.1, 0.15) is 19.4 Å². The number of carboxylic acid groups (broad SMARTS) is 1. The molecular weight excluding hydrogens is 386 g/mol. The monoisotopic (exact) mass is 395 g/mol. The van der Waals surface area contributed by atoms with Gasteiger partial charge in [-0.3, -0.25) is 0 Å². The van der Waals surface area contributed by atoms with Crippen LogP contribution in [0.5, 0.6) is 0 Å². The maximum atomic E-state index is 12.2. The predicted molar refractivity (Wildman–Crippen MR) is 82.1 cm³/mol. The Morgan fingerprint density at radius 1 is 1.45 bits per heavy atom. The van der Waals surface area contributed by atoms with E-state index in [0.29, 0.717) is 4.88 Å². The van der Waals surface area contributed by atoms with Crippen molar-refractivity contribution in [2.75, 3.05) is 0 Å². The van der Waals surface area contributed by atoms with Gasteiger partial charge in [-0.25, -0.2) is 17.9 Å². The van der Waals surface area contributed by atoms with E-state index in [4.69, 9.17) is 5.11 Å². The molecule has 0 fully saturated rings. The first-order valence-corrected chi connectivity index (χ1v) is 9.33. The van der Waals surface area contributed by atoms with Crippen LogP contribution in [-0.2, 0) is 16.6 Å². The molecular formula is C11H10BrNO4S3. The Morgan fingerprint density at radius 2 is 2.15 bits per heavy atom. The standard InChI is InChI=1S/C11H10BrNO4S3/c1-6-10(3-9(19-6)11(14)15)20(16,17)13-4-8-2-7(12)5-18-8/h2-3,5,13H,4H2,1H3,(H,14,15). The Bertz CT molecular complexity index is 748. The number of carboxylic acids is 1. The lowest BCUT2D eigenvalue weighted by Crippen LogP contribution is -2.23. The lowest BCUT2D eigenvalue weighted by atomic mass is 10.4. The van der Waals surface area contributed by atoms with Gasteiger partial charge in [0.05, 0.1) is 4.90 Å². The predicted octanol–water partition coefficient (Wildman–Crippen LogP) is 3.06. The first kappa shape index (κ1) is 15.6. The highest BCUT2D eigenvalue weighted by atomic mass is 79.9. The molecule has 0 spiro atoms. The lowest BCUT2D eigenvalue weighted by Gasteiger charge is -2.04. The van der Waals surface area contributed by atoms with E-state index in [1.165, 1.54) is 17.4 Å². The Balaban J connectivity index is 2.20. The summed E-state index contributed by atoms with van der Waals surface area (Å²) in [6.45, 7) is 1.77. The van der Waals surface area contributed by atoms with Gasteiger partial charge in [-0.2, -0.15) is 0 Å². The summed E-state index contributed by atoms with van der Waals surface area (Å²) in [4.78, 5) is 12.2. The Hall–Kier alpha value is -0.740. The van der Waals surface area contributed by atoms with Crippen molar-refractivity contribution >= 4 is 54.6 Å². The molecule has 0 atom stereocenters. The van der Waals surface area contributed by atoms with Gasteiger partial charge in [-0.15, -0.1) is 22.7 Å². The molecule has 0 aromatic carbocycles. The number of sulfonamides is 1. The molecule has 20 heavy (non-hydrogen) atoms. The molecule has 2 heterocycles. The highest BCUT2D eigenvalue weighted by Gasteiger charge is 2.22. The second-order valence-corrected chi connectivity index (χ2v) is 8.80. The van der Waals surface area contributed by atoms with E-state index in [-0.39, 0.29) is 16.3 Å². The summed E-state index contributed by atoms with van der Waals surface area (Å²) in [5.41, 5.74) is 0. The maximum absolute atomic E-state index is 12.2. The molecule has 0 aliphatic carbocycles. The second-order valence-electron chi connectivity index (χ2n) is 3.89. The van der Waals surface area contributed by atoms with Crippen LogP contribution in [0.15, 0.2) is 26.9 Å². The van der Waals surface area contributed by atoms with Crippen LogP contribution in [0.2, 0.25) is 0 Å². The fourth-order valence-electron chi connectivity index (χ4n) is 1.53. The number of hydrogen-bond acceptors (Lipinski definition) is 5.